The monoisotopic (exact) mass is 152 g/mol. The summed E-state index contributed by atoms with van der Waals surface area (Å²) in [5.41, 5.74) is 1.48. The molecule has 0 spiro atoms. The molecular formula is C8H8O3. The van der Waals surface area contributed by atoms with Gasteiger partial charge in [0.1, 0.15) is 0 Å². The average Bonchev–Trinajstić information content (AvgIpc) is 2.35. The topological polar surface area (TPSA) is 50.4 Å². The fraction of sp³-hybridized carbons (Fsp3) is 0.125. The third kappa shape index (κ3) is 1.97. The fourth-order valence-corrected chi connectivity index (χ4v) is 0.757. The minimum Gasteiger partial charge on any atom is -0.478 e. The first-order valence-electron chi connectivity index (χ1n) is 3.14. The standard InChI is InChI=1S/C8H8O3/c1-6(4-8(9)10)7-2-3-11-5-7/h2-5H,1H3,(H,9,10)/b6-4-. The van der Waals surface area contributed by atoms with E-state index in [-0.39, 0.29) is 0 Å². The van der Waals surface area contributed by atoms with Crippen LogP contribution in [0.2, 0.25) is 0 Å². The quantitative estimate of drug-likeness (QED) is 0.657. The number of hydrogen-bond acceptors (Lipinski definition) is 2. The van der Waals surface area contributed by atoms with Crippen LogP contribution in [-0.4, -0.2) is 11.1 Å². The molecule has 0 radical (unpaired) electrons. The van der Waals surface area contributed by atoms with E-state index in [9.17, 15) is 4.79 Å². The van der Waals surface area contributed by atoms with Crippen molar-refractivity contribution in [2.45, 2.75) is 6.92 Å². The highest BCUT2D eigenvalue weighted by atomic mass is 16.4. The third-order valence-electron chi connectivity index (χ3n) is 1.32. The molecule has 1 heterocycles. The summed E-state index contributed by atoms with van der Waals surface area (Å²) >= 11 is 0. The molecule has 1 aromatic heterocycles. The minimum absolute atomic E-state index is 0.686. The third-order valence-corrected chi connectivity index (χ3v) is 1.32. The predicted octanol–water partition coefficient (Wildman–Crippen LogP) is 1.77. The summed E-state index contributed by atoms with van der Waals surface area (Å²) in [6.45, 7) is 1.72. The maximum absolute atomic E-state index is 10.2. The Hall–Kier alpha value is -1.51. The molecule has 0 amide bonds. The first-order valence-corrected chi connectivity index (χ1v) is 3.14. The van der Waals surface area contributed by atoms with E-state index in [0.717, 1.165) is 11.6 Å². The normalized spacial score (nSPS) is 11.5. The highest BCUT2D eigenvalue weighted by Gasteiger charge is 1.98. The molecule has 0 atom stereocenters. The second kappa shape index (κ2) is 3.05. The number of carboxylic acids is 1. The van der Waals surface area contributed by atoms with Crippen LogP contribution in [0.15, 0.2) is 29.1 Å². The number of rotatable bonds is 2. The van der Waals surface area contributed by atoms with Crippen molar-refractivity contribution in [2.24, 2.45) is 0 Å². The van der Waals surface area contributed by atoms with E-state index in [1.165, 1.54) is 12.5 Å². The summed E-state index contributed by atoms with van der Waals surface area (Å²) in [6.07, 6.45) is 4.16. The SMILES string of the molecule is C/C(=C/C(=O)O)c1ccoc1. The fourth-order valence-electron chi connectivity index (χ4n) is 0.757. The van der Waals surface area contributed by atoms with E-state index in [0.29, 0.717) is 5.57 Å². The van der Waals surface area contributed by atoms with Crippen LogP contribution < -0.4 is 0 Å². The molecule has 0 aliphatic carbocycles. The summed E-state index contributed by atoms with van der Waals surface area (Å²) < 4.78 is 4.78. The number of carboxylic acid groups (broad SMARTS) is 1. The number of hydrogen-bond donors (Lipinski definition) is 1. The van der Waals surface area contributed by atoms with Crippen molar-refractivity contribution < 1.29 is 14.3 Å². The molecule has 1 N–H and O–H groups in total. The summed E-state index contributed by atoms with van der Waals surface area (Å²) in [7, 11) is 0. The molecule has 1 aromatic rings. The zero-order valence-electron chi connectivity index (χ0n) is 6.07. The summed E-state index contributed by atoms with van der Waals surface area (Å²) in [4.78, 5) is 10.2. The van der Waals surface area contributed by atoms with Gasteiger partial charge in [-0.15, -0.1) is 0 Å². The lowest BCUT2D eigenvalue weighted by molar-refractivity contribution is -0.131. The highest BCUT2D eigenvalue weighted by Crippen LogP contribution is 2.12. The van der Waals surface area contributed by atoms with Gasteiger partial charge in [-0.05, 0) is 18.6 Å². The van der Waals surface area contributed by atoms with Crippen LogP contribution in [-0.2, 0) is 4.79 Å². The molecule has 3 heteroatoms. The van der Waals surface area contributed by atoms with Crippen LogP contribution in [0.5, 0.6) is 0 Å². The highest BCUT2D eigenvalue weighted by molar-refractivity contribution is 5.89. The van der Waals surface area contributed by atoms with Crippen molar-refractivity contribution in [3.63, 3.8) is 0 Å². The van der Waals surface area contributed by atoms with E-state index in [4.69, 9.17) is 9.52 Å². The maximum atomic E-state index is 10.2. The Morgan fingerprint density at radius 3 is 2.91 bits per heavy atom. The van der Waals surface area contributed by atoms with Gasteiger partial charge in [0.2, 0.25) is 0 Å². The first kappa shape index (κ1) is 7.60. The molecule has 0 aliphatic heterocycles. The van der Waals surface area contributed by atoms with Crippen molar-refractivity contribution >= 4 is 11.5 Å². The van der Waals surface area contributed by atoms with Crippen LogP contribution >= 0.6 is 0 Å². The lowest BCUT2D eigenvalue weighted by Crippen LogP contribution is -1.88. The van der Waals surface area contributed by atoms with Crippen molar-refractivity contribution in [3.8, 4) is 0 Å². The molecule has 0 unspecified atom stereocenters. The number of carbonyl (C=O) groups is 1. The molecule has 0 saturated heterocycles. The van der Waals surface area contributed by atoms with E-state index >= 15 is 0 Å². The largest absolute Gasteiger partial charge is 0.478 e. The van der Waals surface area contributed by atoms with Gasteiger partial charge < -0.3 is 9.52 Å². The lowest BCUT2D eigenvalue weighted by atomic mass is 10.1. The maximum Gasteiger partial charge on any atom is 0.328 e. The van der Waals surface area contributed by atoms with Crippen molar-refractivity contribution in [1.82, 2.24) is 0 Å². The van der Waals surface area contributed by atoms with Crippen molar-refractivity contribution in [1.29, 1.82) is 0 Å². The Balaban J connectivity index is 2.86. The van der Waals surface area contributed by atoms with Gasteiger partial charge in [-0.2, -0.15) is 0 Å². The van der Waals surface area contributed by atoms with Crippen LogP contribution in [0.4, 0.5) is 0 Å². The molecule has 0 aliphatic rings. The van der Waals surface area contributed by atoms with Gasteiger partial charge in [0.25, 0.3) is 0 Å². The van der Waals surface area contributed by atoms with E-state index < -0.39 is 5.97 Å². The van der Waals surface area contributed by atoms with Crippen LogP contribution in [0.3, 0.4) is 0 Å². The minimum atomic E-state index is -0.941. The van der Waals surface area contributed by atoms with Crippen LogP contribution in [0.1, 0.15) is 12.5 Å². The molecule has 11 heavy (non-hydrogen) atoms. The smallest absolute Gasteiger partial charge is 0.328 e. The average molecular weight is 152 g/mol. The van der Waals surface area contributed by atoms with Gasteiger partial charge in [0.05, 0.1) is 12.5 Å². The number of allylic oxidation sites excluding steroid dienone is 1. The Kier molecular flexibility index (Phi) is 2.11. The molecule has 3 nitrogen and oxygen atoms in total. The van der Waals surface area contributed by atoms with Gasteiger partial charge in [-0.3, -0.25) is 0 Å². The Morgan fingerprint density at radius 1 is 1.73 bits per heavy atom. The van der Waals surface area contributed by atoms with Gasteiger partial charge in [0, 0.05) is 11.6 Å². The number of furan rings is 1. The predicted molar refractivity (Wildman–Crippen MR) is 40.0 cm³/mol. The summed E-state index contributed by atoms with van der Waals surface area (Å²) in [5.74, 6) is -0.941. The second-order valence-electron chi connectivity index (χ2n) is 2.18. The molecule has 0 fully saturated rings. The molecule has 58 valence electrons. The Morgan fingerprint density at radius 2 is 2.45 bits per heavy atom. The Labute approximate surface area is 64.0 Å². The van der Waals surface area contributed by atoms with Gasteiger partial charge in [-0.1, -0.05) is 0 Å². The Bertz CT molecular complexity index is 270. The van der Waals surface area contributed by atoms with Gasteiger partial charge in [-0.25, -0.2) is 4.79 Å². The molecule has 0 saturated carbocycles. The molecular weight excluding hydrogens is 144 g/mol. The summed E-state index contributed by atoms with van der Waals surface area (Å²) in [5, 5.41) is 8.38. The van der Waals surface area contributed by atoms with E-state index in [2.05, 4.69) is 0 Å². The molecule has 1 rings (SSSR count). The first-order chi connectivity index (χ1) is 5.20. The van der Waals surface area contributed by atoms with Crippen molar-refractivity contribution in [3.05, 3.63) is 30.2 Å². The number of aliphatic carboxylic acids is 1. The van der Waals surface area contributed by atoms with Gasteiger partial charge in [0.15, 0.2) is 0 Å². The zero-order valence-corrected chi connectivity index (χ0v) is 6.07. The molecule has 0 bridgehead atoms. The van der Waals surface area contributed by atoms with E-state index in [1.807, 2.05) is 0 Å². The second-order valence-corrected chi connectivity index (χ2v) is 2.18. The zero-order chi connectivity index (χ0) is 8.27. The molecule has 0 aromatic carbocycles. The lowest BCUT2D eigenvalue weighted by Gasteiger charge is -1.90. The van der Waals surface area contributed by atoms with Crippen molar-refractivity contribution in [2.75, 3.05) is 0 Å². The van der Waals surface area contributed by atoms with Crippen LogP contribution in [0, 0.1) is 0 Å². The van der Waals surface area contributed by atoms with Gasteiger partial charge >= 0.3 is 5.97 Å². The van der Waals surface area contributed by atoms with E-state index in [1.54, 1.807) is 13.0 Å². The summed E-state index contributed by atoms with van der Waals surface area (Å²) in [6, 6.07) is 1.72. The van der Waals surface area contributed by atoms with Crippen LogP contribution in [0.25, 0.3) is 5.57 Å².